The zero-order chi connectivity index (χ0) is 9.26. The number of nitrogens with one attached hydrogen (secondary N) is 1. The fraction of sp³-hybridized carbons (Fsp3) is 0. The molecule has 0 saturated heterocycles. The summed E-state index contributed by atoms with van der Waals surface area (Å²) < 4.78 is 1.36. The summed E-state index contributed by atoms with van der Waals surface area (Å²) in [4.78, 5) is 7.02. The second-order valence-corrected chi connectivity index (χ2v) is 4.38. The average Bonchev–Trinajstić information content (AvgIpc) is 2.51. The van der Waals surface area contributed by atoms with E-state index >= 15 is 0 Å². The molecule has 0 aliphatic rings. The zero-order valence-electron chi connectivity index (χ0n) is 6.45. The van der Waals surface area contributed by atoms with E-state index in [1.54, 1.807) is 12.4 Å². The molecular formula is C8H5ClN2S2. The average molecular weight is 229 g/mol. The van der Waals surface area contributed by atoms with Gasteiger partial charge in [0.15, 0.2) is 0 Å². The first kappa shape index (κ1) is 8.87. The molecule has 5 heteroatoms. The molecule has 1 N–H and O–H groups in total. The van der Waals surface area contributed by atoms with Crippen molar-refractivity contribution in [2.24, 2.45) is 0 Å². The van der Waals surface area contributed by atoms with E-state index in [9.17, 15) is 0 Å². The van der Waals surface area contributed by atoms with Gasteiger partial charge in [0.05, 0.1) is 18.1 Å². The fourth-order valence-corrected chi connectivity index (χ4v) is 2.12. The Morgan fingerprint density at radius 3 is 2.92 bits per heavy atom. The number of rotatable bonds is 1. The third-order valence-corrected chi connectivity index (χ3v) is 2.94. The third kappa shape index (κ3) is 1.80. The molecule has 0 aromatic carbocycles. The Balaban J connectivity index is 2.59. The van der Waals surface area contributed by atoms with Crippen molar-refractivity contribution in [3.8, 4) is 11.3 Å². The molecule has 0 aliphatic carbocycles. The number of aromatic nitrogens is 2. The minimum atomic E-state index is 0.611. The van der Waals surface area contributed by atoms with Crippen molar-refractivity contribution < 1.29 is 0 Å². The maximum Gasteiger partial charge on any atom is 0.122 e. The van der Waals surface area contributed by atoms with E-state index in [4.69, 9.17) is 23.8 Å². The topological polar surface area (TPSA) is 28.7 Å². The molecule has 0 bridgehead atoms. The molecule has 66 valence electrons. The van der Waals surface area contributed by atoms with Crippen molar-refractivity contribution >= 4 is 35.2 Å². The summed E-state index contributed by atoms with van der Waals surface area (Å²) in [6, 6.07) is 1.94. The maximum absolute atomic E-state index is 5.96. The van der Waals surface area contributed by atoms with Crippen molar-refractivity contribution in [2.45, 2.75) is 0 Å². The predicted octanol–water partition coefficient (Wildman–Crippen LogP) is 3.52. The number of halogens is 1. The van der Waals surface area contributed by atoms with Crippen LogP contribution in [0.3, 0.4) is 0 Å². The van der Waals surface area contributed by atoms with Crippen LogP contribution in [0.2, 0.25) is 4.34 Å². The third-order valence-electron chi connectivity index (χ3n) is 1.56. The van der Waals surface area contributed by atoms with Crippen LogP contribution in [0.15, 0.2) is 23.8 Å². The van der Waals surface area contributed by atoms with Gasteiger partial charge >= 0.3 is 0 Å². The van der Waals surface area contributed by atoms with E-state index in [-0.39, 0.29) is 0 Å². The van der Waals surface area contributed by atoms with Gasteiger partial charge in [-0.05, 0) is 11.4 Å². The van der Waals surface area contributed by atoms with Crippen molar-refractivity contribution in [1.29, 1.82) is 0 Å². The lowest BCUT2D eigenvalue weighted by Crippen LogP contribution is -1.83. The van der Waals surface area contributed by atoms with Gasteiger partial charge in [-0.25, -0.2) is 0 Å². The van der Waals surface area contributed by atoms with Crippen molar-refractivity contribution in [3.05, 3.63) is 32.8 Å². The van der Waals surface area contributed by atoms with E-state index < -0.39 is 0 Å². The molecule has 13 heavy (non-hydrogen) atoms. The number of hydrogen-bond acceptors (Lipinski definition) is 3. The molecule has 0 amide bonds. The summed E-state index contributed by atoms with van der Waals surface area (Å²) >= 11 is 12.4. The van der Waals surface area contributed by atoms with Crippen LogP contribution in [-0.4, -0.2) is 9.97 Å². The monoisotopic (exact) mass is 228 g/mol. The predicted molar refractivity (Wildman–Crippen MR) is 57.7 cm³/mol. The Morgan fingerprint density at radius 1 is 1.46 bits per heavy atom. The first-order valence-electron chi connectivity index (χ1n) is 3.55. The first-order valence-corrected chi connectivity index (χ1v) is 5.21. The van der Waals surface area contributed by atoms with E-state index in [1.807, 2.05) is 11.4 Å². The molecule has 0 unspecified atom stereocenters. The van der Waals surface area contributed by atoms with Gasteiger partial charge in [-0.3, -0.25) is 4.98 Å². The zero-order valence-corrected chi connectivity index (χ0v) is 8.84. The quantitative estimate of drug-likeness (QED) is 0.757. The van der Waals surface area contributed by atoms with Gasteiger partial charge in [-0.1, -0.05) is 23.8 Å². The number of nitrogens with zero attached hydrogens (tertiary/aromatic N) is 1. The minimum Gasteiger partial charge on any atom is -0.344 e. The van der Waals surface area contributed by atoms with Crippen LogP contribution < -0.4 is 0 Å². The first-order chi connectivity index (χ1) is 6.27. The molecule has 2 heterocycles. The highest BCUT2D eigenvalue weighted by Gasteiger charge is 2.04. The lowest BCUT2D eigenvalue weighted by molar-refractivity contribution is 1.19. The van der Waals surface area contributed by atoms with Crippen molar-refractivity contribution in [2.75, 3.05) is 0 Å². The van der Waals surface area contributed by atoms with Crippen molar-refractivity contribution in [1.82, 2.24) is 9.97 Å². The van der Waals surface area contributed by atoms with Gasteiger partial charge < -0.3 is 4.98 Å². The largest absolute Gasteiger partial charge is 0.344 e. The standard InChI is InChI=1S/C8H5ClN2S2/c9-8-5(1-2-13-8)6-3-10-4-7(12)11-6/h1-4H,(H,11,12). The van der Waals surface area contributed by atoms with Gasteiger partial charge in [-0.15, -0.1) is 11.3 Å². The molecular weight excluding hydrogens is 224 g/mol. The van der Waals surface area contributed by atoms with Crippen LogP contribution in [0.4, 0.5) is 0 Å². The van der Waals surface area contributed by atoms with Gasteiger partial charge in [0.25, 0.3) is 0 Å². The van der Waals surface area contributed by atoms with E-state index in [0.29, 0.717) is 4.64 Å². The van der Waals surface area contributed by atoms with E-state index in [0.717, 1.165) is 15.6 Å². The normalized spacial score (nSPS) is 10.2. The SMILES string of the molecule is S=c1cncc(-c2ccsc2Cl)[nH]1. The van der Waals surface area contributed by atoms with Gasteiger partial charge in [-0.2, -0.15) is 0 Å². The van der Waals surface area contributed by atoms with Gasteiger partial charge in [0, 0.05) is 5.56 Å². The highest BCUT2D eigenvalue weighted by atomic mass is 35.5. The molecule has 0 spiro atoms. The lowest BCUT2D eigenvalue weighted by atomic mass is 10.2. The van der Waals surface area contributed by atoms with Crippen LogP contribution in [0.1, 0.15) is 0 Å². The summed E-state index contributed by atoms with van der Waals surface area (Å²) in [5.74, 6) is 0. The summed E-state index contributed by atoms with van der Waals surface area (Å²) in [5, 5.41) is 1.93. The van der Waals surface area contributed by atoms with Crippen LogP contribution >= 0.6 is 35.2 Å². The van der Waals surface area contributed by atoms with Crippen LogP contribution in [0.5, 0.6) is 0 Å². The Kier molecular flexibility index (Phi) is 2.44. The number of H-pyrrole nitrogens is 1. The summed E-state index contributed by atoms with van der Waals surface area (Å²) in [5.41, 5.74) is 1.81. The Labute approximate surface area is 89.2 Å². The molecule has 0 atom stereocenters. The van der Waals surface area contributed by atoms with Gasteiger partial charge in [0.2, 0.25) is 0 Å². The lowest BCUT2D eigenvalue weighted by Gasteiger charge is -1.97. The van der Waals surface area contributed by atoms with Gasteiger partial charge in [0.1, 0.15) is 8.98 Å². The maximum atomic E-state index is 5.96. The molecule has 0 aliphatic heterocycles. The van der Waals surface area contributed by atoms with E-state index in [2.05, 4.69) is 9.97 Å². The highest BCUT2D eigenvalue weighted by molar-refractivity contribution is 7.71. The van der Waals surface area contributed by atoms with E-state index in [1.165, 1.54) is 11.3 Å². The fourth-order valence-electron chi connectivity index (χ4n) is 1.00. The van der Waals surface area contributed by atoms with Crippen LogP contribution in [-0.2, 0) is 0 Å². The Morgan fingerprint density at radius 2 is 2.31 bits per heavy atom. The Hall–Kier alpha value is -0.710. The second kappa shape index (κ2) is 3.57. The molecule has 0 radical (unpaired) electrons. The number of aromatic amines is 1. The van der Waals surface area contributed by atoms with Crippen LogP contribution in [0, 0.1) is 4.64 Å². The summed E-state index contributed by atoms with van der Waals surface area (Å²) in [7, 11) is 0. The molecule has 2 aromatic rings. The molecule has 2 nitrogen and oxygen atoms in total. The Bertz CT molecular complexity index is 475. The smallest absolute Gasteiger partial charge is 0.122 e. The second-order valence-electron chi connectivity index (χ2n) is 2.42. The summed E-state index contributed by atoms with van der Waals surface area (Å²) in [6.07, 6.45) is 3.31. The number of hydrogen-bond donors (Lipinski definition) is 1. The number of thiophene rings is 1. The highest BCUT2D eigenvalue weighted by Crippen LogP contribution is 2.30. The molecule has 0 saturated carbocycles. The van der Waals surface area contributed by atoms with Crippen molar-refractivity contribution in [3.63, 3.8) is 0 Å². The molecule has 2 aromatic heterocycles. The summed E-state index contributed by atoms with van der Waals surface area (Å²) in [6.45, 7) is 0. The minimum absolute atomic E-state index is 0.611. The molecule has 2 rings (SSSR count). The van der Waals surface area contributed by atoms with Crippen LogP contribution in [0.25, 0.3) is 11.3 Å². The molecule has 0 fully saturated rings.